The second-order valence-corrected chi connectivity index (χ2v) is 3.45. The molecule has 1 aliphatic carbocycles. The van der Waals surface area contributed by atoms with Crippen molar-refractivity contribution < 1.29 is 13.2 Å². The van der Waals surface area contributed by atoms with E-state index in [1.807, 2.05) is 0 Å². The predicted octanol–water partition coefficient (Wildman–Crippen LogP) is 3.12. The molecule has 0 aromatic rings. The zero-order valence-electron chi connectivity index (χ0n) is 6.52. The van der Waals surface area contributed by atoms with Crippen molar-refractivity contribution >= 4 is 12.6 Å². The van der Waals surface area contributed by atoms with Crippen LogP contribution in [0, 0.1) is 0 Å². The molecule has 0 aliphatic heterocycles. The maximum absolute atomic E-state index is 12.2. The summed E-state index contributed by atoms with van der Waals surface area (Å²) in [6.45, 7) is 1.47. The number of allylic oxidation sites excluding steroid dienone is 3. The van der Waals surface area contributed by atoms with Gasteiger partial charge in [-0.05, 0) is 18.9 Å². The molecule has 0 saturated heterocycles. The molecule has 0 heterocycles. The average molecular weight is 194 g/mol. The molecule has 68 valence electrons. The van der Waals surface area contributed by atoms with E-state index in [1.54, 1.807) is 6.08 Å². The summed E-state index contributed by atoms with van der Waals surface area (Å²) in [6, 6.07) is 0. The Hall–Kier alpha value is -0.380. The first-order chi connectivity index (χ1) is 5.41. The van der Waals surface area contributed by atoms with Gasteiger partial charge in [-0.15, -0.1) is 0 Å². The first-order valence-corrected chi connectivity index (χ1v) is 4.06. The van der Waals surface area contributed by atoms with Crippen LogP contribution in [0.3, 0.4) is 0 Å². The maximum Gasteiger partial charge on any atom is 0.412 e. The molecule has 0 amide bonds. The van der Waals surface area contributed by atoms with Crippen molar-refractivity contribution in [3.05, 3.63) is 23.3 Å². The highest BCUT2D eigenvalue weighted by Crippen LogP contribution is 2.35. The van der Waals surface area contributed by atoms with Crippen LogP contribution in [0.25, 0.3) is 0 Å². The lowest BCUT2D eigenvalue weighted by Crippen LogP contribution is -2.18. The van der Waals surface area contributed by atoms with Gasteiger partial charge in [-0.3, -0.25) is 0 Å². The predicted molar refractivity (Wildman–Crippen MR) is 45.3 cm³/mol. The highest BCUT2D eigenvalue weighted by molar-refractivity contribution is 7.81. The minimum absolute atomic E-state index is 0.0189. The Kier molecular flexibility index (Phi) is 2.56. The smallest absolute Gasteiger partial charge is 0.171 e. The van der Waals surface area contributed by atoms with Crippen molar-refractivity contribution in [2.24, 2.45) is 0 Å². The molecule has 0 aromatic carbocycles. The molecule has 0 bridgehead atoms. The molecule has 1 atom stereocenters. The van der Waals surface area contributed by atoms with Gasteiger partial charge in [0.15, 0.2) is 0 Å². The van der Waals surface area contributed by atoms with Crippen LogP contribution in [-0.2, 0) is 0 Å². The Labute approximate surface area is 74.6 Å². The van der Waals surface area contributed by atoms with E-state index in [-0.39, 0.29) is 11.7 Å². The summed E-state index contributed by atoms with van der Waals surface area (Å²) in [4.78, 5) is 0. The van der Waals surface area contributed by atoms with Crippen LogP contribution >= 0.6 is 12.6 Å². The molecule has 0 spiro atoms. The molecule has 1 aliphatic rings. The van der Waals surface area contributed by atoms with Crippen molar-refractivity contribution in [2.75, 3.05) is 0 Å². The monoisotopic (exact) mass is 194 g/mol. The van der Waals surface area contributed by atoms with Crippen molar-refractivity contribution in [1.29, 1.82) is 0 Å². The van der Waals surface area contributed by atoms with Gasteiger partial charge in [0, 0.05) is 10.8 Å². The number of alkyl halides is 3. The molecule has 0 N–H and O–H groups in total. The van der Waals surface area contributed by atoms with Gasteiger partial charge in [0.1, 0.15) is 0 Å². The van der Waals surface area contributed by atoms with Crippen LogP contribution in [0.1, 0.15) is 13.3 Å². The first-order valence-electron chi connectivity index (χ1n) is 3.54. The van der Waals surface area contributed by atoms with Crippen molar-refractivity contribution in [2.45, 2.75) is 24.8 Å². The first kappa shape index (κ1) is 9.71. The lowest BCUT2D eigenvalue weighted by molar-refractivity contribution is -0.0945. The molecular formula is C8H9F3S. The van der Waals surface area contributed by atoms with Gasteiger partial charge >= 0.3 is 6.18 Å². The van der Waals surface area contributed by atoms with Crippen LogP contribution in [-0.4, -0.2) is 11.4 Å². The highest BCUT2D eigenvalue weighted by Gasteiger charge is 2.36. The van der Waals surface area contributed by atoms with Crippen LogP contribution in [0.2, 0.25) is 0 Å². The van der Waals surface area contributed by atoms with Gasteiger partial charge in [-0.1, -0.05) is 12.2 Å². The van der Waals surface area contributed by atoms with Gasteiger partial charge in [-0.25, -0.2) is 0 Å². The largest absolute Gasteiger partial charge is 0.412 e. The second-order valence-electron chi connectivity index (χ2n) is 2.79. The topological polar surface area (TPSA) is 0 Å². The Bertz CT molecular complexity index is 237. The Morgan fingerprint density at radius 1 is 1.50 bits per heavy atom. The normalized spacial score (nSPS) is 24.9. The summed E-state index contributed by atoms with van der Waals surface area (Å²) in [5.74, 6) is 0. The summed E-state index contributed by atoms with van der Waals surface area (Å²) < 4.78 is 36.7. The molecule has 4 heteroatoms. The third-order valence-corrected chi connectivity index (χ3v) is 2.15. The van der Waals surface area contributed by atoms with Gasteiger partial charge in [0.05, 0.1) is 0 Å². The molecule has 1 rings (SSSR count). The van der Waals surface area contributed by atoms with E-state index < -0.39 is 11.7 Å². The molecule has 0 saturated carbocycles. The fourth-order valence-corrected chi connectivity index (χ4v) is 1.40. The second kappa shape index (κ2) is 3.17. The number of hydrogen-bond donors (Lipinski definition) is 1. The Balaban J connectivity index is 2.94. The van der Waals surface area contributed by atoms with Gasteiger partial charge in [-0.2, -0.15) is 25.8 Å². The number of rotatable bonds is 0. The van der Waals surface area contributed by atoms with Crippen LogP contribution in [0.5, 0.6) is 0 Å². The molecule has 0 nitrogen and oxygen atoms in total. The van der Waals surface area contributed by atoms with E-state index in [1.165, 1.54) is 13.0 Å². The van der Waals surface area contributed by atoms with Gasteiger partial charge in [0.2, 0.25) is 0 Å². The average Bonchev–Trinajstić information content (AvgIpc) is 1.92. The zero-order valence-corrected chi connectivity index (χ0v) is 7.41. The summed E-state index contributed by atoms with van der Waals surface area (Å²) in [6.07, 6.45) is -1.07. The van der Waals surface area contributed by atoms with E-state index in [4.69, 9.17) is 0 Å². The molecule has 0 aromatic heterocycles. The molecule has 12 heavy (non-hydrogen) atoms. The number of thiol groups is 1. The van der Waals surface area contributed by atoms with Crippen molar-refractivity contribution in [3.8, 4) is 0 Å². The van der Waals surface area contributed by atoms with Crippen molar-refractivity contribution in [3.63, 3.8) is 0 Å². The van der Waals surface area contributed by atoms with E-state index in [0.717, 1.165) is 0 Å². The number of hydrogen-bond acceptors (Lipinski definition) is 1. The van der Waals surface area contributed by atoms with Crippen LogP contribution < -0.4 is 0 Å². The minimum Gasteiger partial charge on any atom is -0.171 e. The SMILES string of the molecule is CC1=C(C(F)(F)F)CC(S)C=C1. The van der Waals surface area contributed by atoms with Crippen LogP contribution in [0.4, 0.5) is 13.2 Å². The summed E-state index contributed by atoms with van der Waals surface area (Å²) >= 11 is 3.97. The number of halogens is 3. The van der Waals surface area contributed by atoms with E-state index >= 15 is 0 Å². The fraction of sp³-hybridized carbons (Fsp3) is 0.500. The van der Waals surface area contributed by atoms with E-state index in [9.17, 15) is 13.2 Å². The minimum atomic E-state index is -4.20. The molecule has 0 fully saturated rings. The molecule has 0 radical (unpaired) electrons. The fourth-order valence-electron chi connectivity index (χ4n) is 1.13. The lowest BCUT2D eigenvalue weighted by Gasteiger charge is -2.19. The summed E-state index contributed by atoms with van der Waals surface area (Å²) in [5, 5.41) is -0.301. The molecule has 1 unspecified atom stereocenters. The highest BCUT2D eigenvalue weighted by atomic mass is 32.1. The maximum atomic E-state index is 12.2. The van der Waals surface area contributed by atoms with Crippen molar-refractivity contribution in [1.82, 2.24) is 0 Å². The Morgan fingerprint density at radius 2 is 2.08 bits per heavy atom. The quantitative estimate of drug-likeness (QED) is 0.563. The zero-order chi connectivity index (χ0) is 9.35. The third-order valence-electron chi connectivity index (χ3n) is 1.80. The Morgan fingerprint density at radius 3 is 2.50 bits per heavy atom. The summed E-state index contributed by atoms with van der Waals surface area (Å²) in [7, 11) is 0. The third kappa shape index (κ3) is 2.06. The van der Waals surface area contributed by atoms with E-state index in [2.05, 4.69) is 12.6 Å². The van der Waals surface area contributed by atoms with Gasteiger partial charge < -0.3 is 0 Å². The lowest BCUT2D eigenvalue weighted by atomic mass is 9.98. The van der Waals surface area contributed by atoms with Gasteiger partial charge in [0.25, 0.3) is 0 Å². The standard InChI is InChI=1S/C8H9F3S/c1-5-2-3-6(12)4-7(5)8(9,10)11/h2-3,6,12H,4H2,1H3. The summed E-state index contributed by atoms with van der Waals surface area (Å²) in [5.41, 5.74) is -0.155. The van der Waals surface area contributed by atoms with E-state index in [0.29, 0.717) is 5.57 Å². The molecular weight excluding hydrogens is 185 g/mol. The van der Waals surface area contributed by atoms with Crippen LogP contribution in [0.15, 0.2) is 23.3 Å².